The normalized spacial score (nSPS) is 31.9. The smallest absolute Gasteiger partial charge is 0.272 e. The molecule has 1 amide bonds. The van der Waals surface area contributed by atoms with E-state index in [-0.39, 0.29) is 11.4 Å². The van der Waals surface area contributed by atoms with E-state index in [1.165, 1.54) is 0 Å². The molecule has 1 aliphatic heterocycles. The predicted molar refractivity (Wildman–Crippen MR) is 132 cm³/mol. The molecule has 2 aliphatic carbocycles. The van der Waals surface area contributed by atoms with Gasteiger partial charge >= 0.3 is 0 Å². The number of para-hydroxylation sites is 1. The highest BCUT2D eigenvalue weighted by Gasteiger charge is 2.52. The summed E-state index contributed by atoms with van der Waals surface area (Å²) < 4.78 is 1.95. The molecule has 34 heavy (non-hydrogen) atoms. The van der Waals surface area contributed by atoms with Gasteiger partial charge in [-0.15, -0.1) is 5.10 Å². The molecule has 2 fully saturated rings. The number of anilines is 1. The highest BCUT2D eigenvalue weighted by atomic mass is 16.2. The predicted octanol–water partition coefficient (Wildman–Crippen LogP) is 4.81. The van der Waals surface area contributed by atoms with Crippen LogP contribution in [0.4, 0.5) is 5.69 Å². The summed E-state index contributed by atoms with van der Waals surface area (Å²) in [7, 11) is 0. The molecule has 0 atom stereocenters. The molecule has 0 unspecified atom stereocenters. The summed E-state index contributed by atoms with van der Waals surface area (Å²) in [6.45, 7) is 11.0. The molecule has 184 valence electrons. The van der Waals surface area contributed by atoms with Crippen LogP contribution in [0, 0.1) is 11.8 Å². The monoisotopic (exact) mass is 465 g/mol. The summed E-state index contributed by atoms with van der Waals surface area (Å²) >= 11 is 0. The van der Waals surface area contributed by atoms with Gasteiger partial charge in [0.25, 0.3) is 5.91 Å². The molecule has 2 saturated carbocycles. The van der Waals surface area contributed by atoms with Crippen molar-refractivity contribution in [3.05, 3.63) is 35.7 Å². The lowest BCUT2D eigenvalue weighted by molar-refractivity contribution is -0.0274. The Morgan fingerprint density at radius 3 is 2.26 bits per heavy atom. The molecule has 2 N–H and O–H groups in total. The molecule has 3 aliphatic rings. The van der Waals surface area contributed by atoms with E-state index in [2.05, 4.69) is 60.9 Å². The summed E-state index contributed by atoms with van der Waals surface area (Å²) in [4.78, 5) is 14.1. The van der Waals surface area contributed by atoms with Gasteiger partial charge in [-0.3, -0.25) is 4.79 Å². The van der Waals surface area contributed by atoms with E-state index in [9.17, 15) is 4.79 Å². The zero-order valence-electron chi connectivity index (χ0n) is 21.3. The Labute approximate surface area is 202 Å². The number of amides is 1. The van der Waals surface area contributed by atoms with Gasteiger partial charge in [0.2, 0.25) is 0 Å². The van der Waals surface area contributed by atoms with Crippen molar-refractivity contribution in [3.63, 3.8) is 0 Å². The van der Waals surface area contributed by atoms with Crippen molar-refractivity contribution in [1.82, 2.24) is 30.6 Å². The van der Waals surface area contributed by atoms with Crippen LogP contribution < -0.4 is 10.7 Å². The summed E-state index contributed by atoms with van der Waals surface area (Å²) in [5.74, 6) is 2.18. The van der Waals surface area contributed by atoms with Crippen LogP contribution in [0.15, 0.2) is 24.3 Å². The quantitative estimate of drug-likeness (QED) is 0.676. The third kappa shape index (κ3) is 3.89. The number of tetrazole rings is 1. The first-order valence-electron chi connectivity index (χ1n) is 12.9. The van der Waals surface area contributed by atoms with Gasteiger partial charge in [0, 0.05) is 5.69 Å². The van der Waals surface area contributed by atoms with Crippen LogP contribution in [0.3, 0.4) is 0 Å². The van der Waals surface area contributed by atoms with Crippen LogP contribution in [-0.2, 0) is 11.1 Å². The van der Waals surface area contributed by atoms with E-state index >= 15 is 0 Å². The van der Waals surface area contributed by atoms with E-state index in [0.29, 0.717) is 17.4 Å². The number of carbonyl (C=O) groups is 1. The van der Waals surface area contributed by atoms with Crippen LogP contribution in [0.5, 0.6) is 0 Å². The SMILES string of the molecule is CC1CCC(NN2C(=O)c3ccccc3NC23CCC(C)CC3)(c2nnnn2C(C)(C)C)CC1. The van der Waals surface area contributed by atoms with E-state index in [1.54, 1.807) is 0 Å². The van der Waals surface area contributed by atoms with E-state index in [0.717, 1.165) is 62.9 Å². The van der Waals surface area contributed by atoms with Crippen molar-refractivity contribution in [1.29, 1.82) is 0 Å². The number of aromatic nitrogens is 4. The summed E-state index contributed by atoms with van der Waals surface area (Å²) in [6, 6.07) is 7.90. The molecule has 5 rings (SSSR count). The van der Waals surface area contributed by atoms with Crippen molar-refractivity contribution in [2.45, 2.75) is 103 Å². The van der Waals surface area contributed by atoms with Gasteiger partial charge in [-0.25, -0.2) is 15.1 Å². The number of hydrazine groups is 1. The van der Waals surface area contributed by atoms with Crippen molar-refractivity contribution in [3.8, 4) is 0 Å². The van der Waals surface area contributed by atoms with Gasteiger partial charge in [-0.1, -0.05) is 26.0 Å². The average Bonchev–Trinajstić information content (AvgIpc) is 3.32. The first-order valence-corrected chi connectivity index (χ1v) is 12.9. The molecule has 2 aromatic rings. The Bertz CT molecular complexity index is 1040. The number of benzene rings is 1. The minimum atomic E-state index is -0.497. The fourth-order valence-electron chi connectivity index (χ4n) is 5.94. The zero-order valence-corrected chi connectivity index (χ0v) is 21.3. The van der Waals surface area contributed by atoms with E-state index < -0.39 is 11.2 Å². The second kappa shape index (κ2) is 8.33. The average molecular weight is 466 g/mol. The Kier molecular flexibility index (Phi) is 5.70. The minimum Gasteiger partial charge on any atom is -0.361 e. The molecular formula is C26H39N7O. The molecule has 8 nitrogen and oxygen atoms in total. The first kappa shape index (κ1) is 23.3. The fraction of sp³-hybridized carbons (Fsp3) is 0.692. The van der Waals surface area contributed by atoms with Gasteiger partial charge in [-0.2, -0.15) is 0 Å². The fourth-order valence-corrected chi connectivity index (χ4v) is 5.94. The molecule has 1 spiro atoms. The molecular weight excluding hydrogens is 426 g/mol. The van der Waals surface area contributed by atoms with Gasteiger partial charge in [-0.05, 0) is 107 Å². The molecule has 1 aromatic heterocycles. The van der Waals surface area contributed by atoms with Crippen molar-refractivity contribution >= 4 is 11.6 Å². The lowest BCUT2D eigenvalue weighted by Gasteiger charge is -2.54. The molecule has 2 heterocycles. The van der Waals surface area contributed by atoms with Crippen LogP contribution >= 0.6 is 0 Å². The van der Waals surface area contributed by atoms with Crippen LogP contribution in [0.2, 0.25) is 0 Å². The van der Waals surface area contributed by atoms with Crippen LogP contribution in [-0.4, -0.2) is 36.8 Å². The van der Waals surface area contributed by atoms with E-state index in [4.69, 9.17) is 0 Å². The Morgan fingerprint density at radius 1 is 1.00 bits per heavy atom. The highest BCUT2D eigenvalue weighted by molar-refractivity contribution is 6.02. The standard InChI is InChI=1S/C26H39N7O/c1-18-10-14-25(15-11-18,23-28-30-31-33(23)24(3,4)5)29-32-22(34)20-8-6-7-9-21(20)27-26(32)16-12-19(2)13-17-26/h6-9,18-19,27,29H,10-17H2,1-5H3. The summed E-state index contributed by atoms with van der Waals surface area (Å²) in [6.07, 6.45) is 7.93. The summed E-state index contributed by atoms with van der Waals surface area (Å²) in [5.41, 5.74) is 4.28. The topological polar surface area (TPSA) is 88.0 Å². The largest absolute Gasteiger partial charge is 0.361 e. The Hall–Kier alpha value is -2.48. The van der Waals surface area contributed by atoms with Gasteiger partial charge < -0.3 is 5.32 Å². The Balaban J connectivity index is 1.59. The lowest BCUT2D eigenvalue weighted by Crippen LogP contribution is -2.70. The lowest BCUT2D eigenvalue weighted by atomic mass is 9.76. The number of fused-ring (bicyclic) bond motifs is 1. The maximum atomic E-state index is 14.1. The maximum absolute atomic E-state index is 14.1. The minimum absolute atomic E-state index is 0.0386. The third-order valence-electron chi connectivity index (χ3n) is 8.24. The number of nitrogens with one attached hydrogen (secondary N) is 2. The number of carbonyl (C=O) groups excluding carboxylic acids is 1. The molecule has 0 saturated heterocycles. The highest BCUT2D eigenvalue weighted by Crippen LogP contribution is 2.45. The van der Waals surface area contributed by atoms with Crippen LogP contribution in [0.1, 0.15) is 102 Å². The van der Waals surface area contributed by atoms with Crippen LogP contribution in [0.25, 0.3) is 0 Å². The van der Waals surface area contributed by atoms with Gasteiger partial charge in [0.05, 0.1) is 16.6 Å². The Morgan fingerprint density at radius 2 is 1.62 bits per heavy atom. The van der Waals surface area contributed by atoms with Crippen molar-refractivity contribution in [2.75, 3.05) is 5.32 Å². The van der Waals surface area contributed by atoms with Gasteiger partial charge in [0.15, 0.2) is 5.82 Å². The first-order chi connectivity index (χ1) is 16.1. The van der Waals surface area contributed by atoms with E-state index in [1.807, 2.05) is 34.0 Å². The third-order valence-corrected chi connectivity index (χ3v) is 8.24. The number of hydrogen-bond acceptors (Lipinski definition) is 6. The maximum Gasteiger partial charge on any atom is 0.272 e. The van der Waals surface area contributed by atoms with Gasteiger partial charge in [0.1, 0.15) is 5.66 Å². The second-order valence-corrected chi connectivity index (χ2v) is 12.0. The number of nitrogens with zero attached hydrogens (tertiary/aromatic N) is 5. The van der Waals surface area contributed by atoms with Crippen molar-refractivity contribution < 1.29 is 4.79 Å². The molecule has 1 aromatic carbocycles. The number of hydrogen-bond donors (Lipinski definition) is 2. The molecule has 0 radical (unpaired) electrons. The number of rotatable bonds is 3. The molecule has 8 heteroatoms. The molecule has 0 bridgehead atoms. The summed E-state index contributed by atoms with van der Waals surface area (Å²) in [5, 5.41) is 18.8. The second-order valence-electron chi connectivity index (χ2n) is 12.0. The van der Waals surface area contributed by atoms with Crippen molar-refractivity contribution in [2.24, 2.45) is 11.8 Å². The zero-order chi connectivity index (χ0) is 24.1.